The molecule has 0 bridgehead atoms. The zero-order valence-corrected chi connectivity index (χ0v) is 15.4. The molecule has 0 saturated carbocycles. The van der Waals surface area contributed by atoms with Gasteiger partial charge in [-0.05, 0) is 37.2 Å². The maximum Gasteiger partial charge on any atom is 0.246 e. The van der Waals surface area contributed by atoms with Crippen molar-refractivity contribution in [2.24, 2.45) is 0 Å². The molecule has 1 saturated heterocycles. The van der Waals surface area contributed by atoms with Crippen LogP contribution in [0.2, 0.25) is 5.02 Å². The van der Waals surface area contributed by atoms with Crippen molar-refractivity contribution in [1.82, 2.24) is 10.2 Å². The molecule has 1 unspecified atom stereocenters. The van der Waals surface area contributed by atoms with Crippen LogP contribution in [-0.4, -0.2) is 49.4 Å². The molecule has 136 valence electrons. The van der Waals surface area contributed by atoms with Crippen molar-refractivity contribution >= 4 is 29.1 Å². The second-order valence-corrected chi connectivity index (χ2v) is 6.82. The summed E-state index contributed by atoms with van der Waals surface area (Å²) in [7, 11) is 1.73. The quantitative estimate of drug-likeness (QED) is 0.877. The topological polar surface area (TPSA) is 52.7 Å². The van der Waals surface area contributed by atoms with Gasteiger partial charge in [-0.1, -0.05) is 48.0 Å². The van der Waals surface area contributed by atoms with Crippen molar-refractivity contribution in [3.63, 3.8) is 0 Å². The number of nitrogens with zero attached hydrogens (tertiary/aromatic N) is 2. The van der Waals surface area contributed by atoms with E-state index in [2.05, 4.69) is 5.32 Å². The standard InChI is InChI=1S/C20H22ClN3O2/c1-22-12-19(25)24-14-20(26)23(17-9-5-8-16(21)11-17)13-18(24)10-15-6-3-2-4-7-15/h2-9,11,18,22H,10,12-14H2,1H3. The van der Waals surface area contributed by atoms with E-state index in [-0.39, 0.29) is 30.9 Å². The molecular weight excluding hydrogens is 350 g/mol. The molecule has 6 heteroatoms. The highest BCUT2D eigenvalue weighted by molar-refractivity contribution is 6.30. The minimum atomic E-state index is -0.0963. The number of hydrogen-bond donors (Lipinski definition) is 1. The van der Waals surface area contributed by atoms with Crippen LogP contribution in [0.25, 0.3) is 0 Å². The van der Waals surface area contributed by atoms with Gasteiger partial charge in [0.25, 0.3) is 0 Å². The van der Waals surface area contributed by atoms with Crippen LogP contribution in [0.15, 0.2) is 54.6 Å². The molecule has 26 heavy (non-hydrogen) atoms. The number of piperazine rings is 1. The summed E-state index contributed by atoms with van der Waals surface area (Å²) in [5.41, 5.74) is 1.90. The number of anilines is 1. The SMILES string of the molecule is CNCC(=O)N1CC(=O)N(c2cccc(Cl)c2)CC1Cc1ccccc1. The van der Waals surface area contributed by atoms with Gasteiger partial charge in [0.15, 0.2) is 0 Å². The number of amides is 2. The Balaban J connectivity index is 1.86. The predicted molar refractivity (Wildman–Crippen MR) is 103 cm³/mol. The number of nitrogens with one attached hydrogen (secondary N) is 1. The lowest BCUT2D eigenvalue weighted by Gasteiger charge is -2.41. The lowest BCUT2D eigenvalue weighted by atomic mass is 10.0. The Bertz CT molecular complexity index is 782. The van der Waals surface area contributed by atoms with Crippen LogP contribution in [0.4, 0.5) is 5.69 Å². The number of halogens is 1. The molecule has 1 atom stereocenters. The van der Waals surface area contributed by atoms with Gasteiger partial charge in [-0.2, -0.15) is 0 Å². The highest BCUT2D eigenvalue weighted by Gasteiger charge is 2.35. The fraction of sp³-hybridized carbons (Fsp3) is 0.300. The van der Waals surface area contributed by atoms with Crippen molar-refractivity contribution in [2.75, 3.05) is 31.6 Å². The first-order valence-electron chi connectivity index (χ1n) is 8.62. The lowest BCUT2D eigenvalue weighted by Crippen LogP contribution is -2.60. The summed E-state index contributed by atoms with van der Waals surface area (Å²) in [6.07, 6.45) is 0.695. The number of carbonyl (C=O) groups is 2. The third-order valence-electron chi connectivity index (χ3n) is 4.52. The minimum Gasteiger partial charge on any atom is -0.327 e. The van der Waals surface area contributed by atoms with Gasteiger partial charge >= 0.3 is 0 Å². The Kier molecular flexibility index (Phi) is 5.91. The van der Waals surface area contributed by atoms with E-state index in [4.69, 9.17) is 11.6 Å². The fourth-order valence-electron chi connectivity index (χ4n) is 3.27. The molecule has 2 amide bonds. The summed E-state index contributed by atoms with van der Waals surface area (Å²) >= 11 is 6.09. The Morgan fingerprint density at radius 1 is 1.19 bits per heavy atom. The highest BCUT2D eigenvalue weighted by atomic mass is 35.5. The summed E-state index contributed by atoms with van der Waals surface area (Å²) in [4.78, 5) is 28.6. The van der Waals surface area contributed by atoms with Crippen LogP contribution in [0, 0.1) is 0 Å². The van der Waals surface area contributed by atoms with Crippen molar-refractivity contribution in [3.05, 3.63) is 65.2 Å². The molecule has 2 aromatic rings. The summed E-state index contributed by atoms with van der Waals surface area (Å²) in [6.45, 7) is 0.740. The molecule has 0 aliphatic carbocycles. The Hall–Kier alpha value is -2.37. The molecule has 2 aromatic carbocycles. The van der Waals surface area contributed by atoms with Gasteiger partial charge < -0.3 is 15.1 Å². The van der Waals surface area contributed by atoms with Crippen LogP contribution in [0.3, 0.4) is 0 Å². The predicted octanol–water partition coefficient (Wildman–Crippen LogP) is 2.35. The number of hydrogen-bond acceptors (Lipinski definition) is 3. The molecule has 1 aliphatic rings. The van der Waals surface area contributed by atoms with Gasteiger partial charge in [-0.25, -0.2) is 0 Å². The van der Waals surface area contributed by atoms with E-state index >= 15 is 0 Å². The lowest BCUT2D eigenvalue weighted by molar-refractivity contribution is -0.138. The largest absolute Gasteiger partial charge is 0.327 e. The molecule has 0 radical (unpaired) electrons. The molecule has 0 aromatic heterocycles. The van der Waals surface area contributed by atoms with Crippen molar-refractivity contribution in [3.8, 4) is 0 Å². The zero-order chi connectivity index (χ0) is 18.5. The van der Waals surface area contributed by atoms with Crippen LogP contribution in [0.1, 0.15) is 5.56 Å². The van der Waals surface area contributed by atoms with Gasteiger partial charge in [-0.3, -0.25) is 9.59 Å². The first-order chi connectivity index (χ1) is 12.6. The Morgan fingerprint density at radius 2 is 1.96 bits per heavy atom. The van der Waals surface area contributed by atoms with E-state index in [1.165, 1.54) is 0 Å². The molecule has 1 heterocycles. The molecule has 0 spiro atoms. The monoisotopic (exact) mass is 371 g/mol. The second-order valence-electron chi connectivity index (χ2n) is 6.38. The molecule has 5 nitrogen and oxygen atoms in total. The zero-order valence-electron chi connectivity index (χ0n) is 14.7. The summed E-state index contributed by atoms with van der Waals surface area (Å²) < 4.78 is 0. The average Bonchev–Trinajstić information content (AvgIpc) is 2.64. The molecule has 1 fully saturated rings. The van der Waals surface area contributed by atoms with Crippen LogP contribution in [-0.2, 0) is 16.0 Å². The number of benzene rings is 2. The fourth-order valence-corrected chi connectivity index (χ4v) is 3.45. The van der Waals surface area contributed by atoms with E-state index in [0.717, 1.165) is 11.3 Å². The van der Waals surface area contributed by atoms with Gasteiger partial charge in [-0.15, -0.1) is 0 Å². The summed E-state index contributed by atoms with van der Waals surface area (Å²) in [6, 6.07) is 17.2. The van der Waals surface area contributed by atoms with Gasteiger partial charge in [0, 0.05) is 17.3 Å². The average molecular weight is 372 g/mol. The maximum absolute atomic E-state index is 12.7. The van der Waals surface area contributed by atoms with Crippen molar-refractivity contribution in [2.45, 2.75) is 12.5 Å². The van der Waals surface area contributed by atoms with Gasteiger partial charge in [0.05, 0.1) is 12.6 Å². The summed E-state index contributed by atoms with van der Waals surface area (Å²) in [5.74, 6) is -0.159. The van der Waals surface area contributed by atoms with Crippen LogP contribution in [0.5, 0.6) is 0 Å². The van der Waals surface area contributed by atoms with E-state index in [9.17, 15) is 9.59 Å². The molecule has 3 rings (SSSR count). The first-order valence-corrected chi connectivity index (χ1v) is 9.00. The third-order valence-corrected chi connectivity index (χ3v) is 4.76. The van der Waals surface area contributed by atoms with Crippen LogP contribution < -0.4 is 10.2 Å². The summed E-state index contributed by atoms with van der Waals surface area (Å²) in [5, 5.41) is 3.47. The number of rotatable bonds is 5. The maximum atomic E-state index is 12.7. The van der Waals surface area contributed by atoms with E-state index in [1.54, 1.807) is 29.0 Å². The van der Waals surface area contributed by atoms with E-state index < -0.39 is 0 Å². The normalized spacial score (nSPS) is 17.5. The van der Waals surface area contributed by atoms with Crippen LogP contribution >= 0.6 is 11.6 Å². The van der Waals surface area contributed by atoms with E-state index in [0.29, 0.717) is 18.0 Å². The first kappa shape index (κ1) is 18.4. The van der Waals surface area contributed by atoms with Gasteiger partial charge in [0.2, 0.25) is 11.8 Å². The minimum absolute atomic E-state index is 0.0625. The second kappa shape index (κ2) is 8.34. The van der Waals surface area contributed by atoms with Crippen molar-refractivity contribution in [1.29, 1.82) is 0 Å². The molecular formula is C20H22ClN3O2. The number of carbonyl (C=O) groups excluding carboxylic acids is 2. The molecule has 1 aliphatic heterocycles. The highest BCUT2D eigenvalue weighted by Crippen LogP contribution is 2.24. The third kappa shape index (κ3) is 4.23. The van der Waals surface area contributed by atoms with Gasteiger partial charge in [0.1, 0.15) is 6.54 Å². The molecule has 1 N–H and O–H groups in total. The Morgan fingerprint density at radius 3 is 2.65 bits per heavy atom. The van der Waals surface area contributed by atoms with E-state index in [1.807, 2.05) is 42.5 Å². The van der Waals surface area contributed by atoms with Crippen molar-refractivity contribution < 1.29 is 9.59 Å². The number of likely N-dealkylation sites (N-methyl/N-ethyl adjacent to an activating group) is 1. The Labute approximate surface area is 158 Å². The smallest absolute Gasteiger partial charge is 0.246 e.